The zero-order valence-corrected chi connectivity index (χ0v) is 7.58. The molecule has 0 radical (unpaired) electrons. The summed E-state index contributed by atoms with van der Waals surface area (Å²) < 4.78 is 0. The molecule has 2 heterocycles. The van der Waals surface area contributed by atoms with Crippen molar-refractivity contribution < 1.29 is 0 Å². The van der Waals surface area contributed by atoms with E-state index in [9.17, 15) is 0 Å². The Morgan fingerprint density at radius 1 is 1.17 bits per heavy atom. The number of nitrogens with zero attached hydrogens (tertiary/aromatic N) is 1. The van der Waals surface area contributed by atoms with Crippen molar-refractivity contribution in [3.05, 3.63) is 0 Å². The van der Waals surface area contributed by atoms with Crippen molar-refractivity contribution in [1.29, 1.82) is 0 Å². The minimum Gasteiger partial charge on any atom is -0.329 e. The molecule has 2 saturated heterocycles. The zero-order valence-electron chi connectivity index (χ0n) is 7.58. The van der Waals surface area contributed by atoms with Crippen LogP contribution in [0.2, 0.25) is 0 Å². The highest BCUT2D eigenvalue weighted by Crippen LogP contribution is 2.34. The van der Waals surface area contributed by atoms with Crippen LogP contribution in [0.5, 0.6) is 0 Å². The number of hydrogen-bond donors (Lipinski definition) is 2. The van der Waals surface area contributed by atoms with E-state index in [2.05, 4.69) is 4.90 Å². The molecule has 0 spiro atoms. The molecular formula is C9H19N3. The van der Waals surface area contributed by atoms with Gasteiger partial charge in [0.15, 0.2) is 0 Å². The van der Waals surface area contributed by atoms with Crippen molar-refractivity contribution >= 4 is 0 Å². The van der Waals surface area contributed by atoms with E-state index in [4.69, 9.17) is 11.5 Å². The number of fused-ring (bicyclic) bond motifs is 2. The second-order valence-electron chi connectivity index (χ2n) is 4.14. The van der Waals surface area contributed by atoms with Crippen LogP contribution in [0.1, 0.15) is 25.7 Å². The summed E-state index contributed by atoms with van der Waals surface area (Å²) in [5, 5.41) is 0. The van der Waals surface area contributed by atoms with Crippen LogP contribution in [-0.2, 0) is 0 Å². The first-order chi connectivity index (χ1) is 5.81. The van der Waals surface area contributed by atoms with Crippen LogP contribution >= 0.6 is 0 Å². The first-order valence-electron chi connectivity index (χ1n) is 5.02. The van der Waals surface area contributed by atoms with E-state index in [1.54, 1.807) is 0 Å². The molecule has 12 heavy (non-hydrogen) atoms. The Balaban J connectivity index is 1.99. The van der Waals surface area contributed by atoms with Gasteiger partial charge in [-0.2, -0.15) is 0 Å². The van der Waals surface area contributed by atoms with Gasteiger partial charge in [0, 0.05) is 31.2 Å². The molecule has 0 aromatic carbocycles. The second-order valence-corrected chi connectivity index (χ2v) is 4.14. The molecule has 2 unspecified atom stereocenters. The Morgan fingerprint density at radius 2 is 1.75 bits per heavy atom. The van der Waals surface area contributed by atoms with E-state index < -0.39 is 0 Å². The molecule has 0 amide bonds. The Kier molecular flexibility index (Phi) is 2.35. The largest absolute Gasteiger partial charge is 0.329 e. The average Bonchev–Trinajstić information content (AvgIpc) is 2.32. The van der Waals surface area contributed by atoms with Gasteiger partial charge in [-0.1, -0.05) is 0 Å². The number of rotatable bonds is 2. The van der Waals surface area contributed by atoms with E-state index in [0.717, 1.165) is 25.2 Å². The maximum atomic E-state index is 5.96. The van der Waals surface area contributed by atoms with Gasteiger partial charge in [0.05, 0.1) is 0 Å². The lowest BCUT2D eigenvalue weighted by Crippen LogP contribution is -2.48. The second kappa shape index (κ2) is 3.32. The quantitative estimate of drug-likeness (QED) is 0.607. The van der Waals surface area contributed by atoms with Crippen LogP contribution in [0, 0.1) is 0 Å². The molecule has 0 aromatic heterocycles. The van der Waals surface area contributed by atoms with Crippen LogP contribution in [0.15, 0.2) is 0 Å². The molecule has 3 heteroatoms. The van der Waals surface area contributed by atoms with Crippen LogP contribution in [0.4, 0.5) is 0 Å². The highest BCUT2D eigenvalue weighted by atomic mass is 15.2. The normalized spacial score (nSPS) is 42.0. The van der Waals surface area contributed by atoms with Crippen LogP contribution < -0.4 is 11.5 Å². The molecule has 2 fully saturated rings. The van der Waals surface area contributed by atoms with Crippen molar-refractivity contribution in [3.8, 4) is 0 Å². The lowest BCUT2D eigenvalue weighted by molar-refractivity contribution is 0.132. The molecule has 2 aliphatic rings. The molecule has 4 N–H and O–H groups in total. The Morgan fingerprint density at radius 3 is 2.25 bits per heavy atom. The molecule has 0 saturated carbocycles. The molecule has 2 aliphatic heterocycles. The SMILES string of the molecule is NCCN1C2CCC1CC(N)C2. The van der Waals surface area contributed by atoms with Gasteiger partial charge in [0.1, 0.15) is 0 Å². The fourth-order valence-corrected chi connectivity index (χ4v) is 2.83. The number of hydrogen-bond acceptors (Lipinski definition) is 3. The summed E-state index contributed by atoms with van der Waals surface area (Å²) in [4.78, 5) is 2.57. The third-order valence-corrected chi connectivity index (χ3v) is 3.31. The maximum absolute atomic E-state index is 5.96. The third kappa shape index (κ3) is 1.37. The third-order valence-electron chi connectivity index (χ3n) is 3.31. The molecule has 70 valence electrons. The summed E-state index contributed by atoms with van der Waals surface area (Å²) in [6.45, 7) is 1.87. The smallest absolute Gasteiger partial charge is 0.0114 e. The molecular weight excluding hydrogens is 150 g/mol. The van der Waals surface area contributed by atoms with Gasteiger partial charge in [-0.15, -0.1) is 0 Å². The minimum absolute atomic E-state index is 0.455. The summed E-state index contributed by atoms with van der Waals surface area (Å²) in [5.74, 6) is 0. The predicted octanol–water partition coefficient (Wildman–Crippen LogP) is -0.101. The van der Waals surface area contributed by atoms with Crippen LogP contribution in [0.25, 0.3) is 0 Å². The fourth-order valence-electron chi connectivity index (χ4n) is 2.83. The monoisotopic (exact) mass is 169 g/mol. The van der Waals surface area contributed by atoms with Crippen molar-refractivity contribution in [1.82, 2.24) is 4.90 Å². The molecule has 2 atom stereocenters. The van der Waals surface area contributed by atoms with Crippen molar-refractivity contribution in [2.75, 3.05) is 13.1 Å². The summed E-state index contributed by atoms with van der Waals surface area (Å²) in [6.07, 6.45) is 5.07. The highest BCUT2D eigenvalue weighted by Gasteiger charge is 2.38. The molecule has 2 rings (SSSR count). The zero-order chi connectivity index (χ0) is 8.55. The number of piperidine rings is 1. The van der Waals surface area contributed by atoms with Gasteiger partial charge in [-0.25, -0.2) is 0 Å². The highest BCUT2D eigenvalue weighted by molar-refractivity contribution is 4.96. The topological polar surface area (TPSA) is 55.3 Å². The summed E-state index contributed by atoms with van der Waals surface area (Å²) in [5.41, 5.74) is 11.5. The van der Waals surface area contributed by atoms with Crippen molar-refractivity contribution in [2.24, 2.45) is 11.5 Å². The fraction of sp³-hybridized carbons (Fsp3) is 1.00. The first-order valence-corrected chi connectivity index (χ1v) is 5.02. The predicted molar refractivity (Wildman–Crippen MR) is 49.8 cm³/mol. The molecule has 0 aliphatic carbocycles. The number of nitrogens with two attached hydrogens (primary N) is 2. The summed E-state index contributed by atoms with van der Waals surface area (Å²) in [7, 11) is 0. The Hall–Kier alpha value is -0.120. The Bertz CT molecular complexity index is 146. The van der Waals surface area contributed by atoms with Gasteiger partial charge < -0.3 is 11.5 Å². The molecule has 2 bridgehead atoms. The lowest BCUT2D eigenvalue weighted by Gasteiger charge is -2.37. The van der Waals surface area contributed by atoms with Gasteiger partial charge in [0.25, 0.3) is 0 Å². The van der Waals surface area contributed by atoms with Crippen LogP contribution in [0.3, 0.4) is 0 Å². The van der Waals surface area contributed by atoms with E-state index >= 15 is 0 Å². The molecule has 0 aromatic rings. The Labute approximate surface area is 74.1 Å². The summed E-state index contributed by atoms with van der Waals surface area (Å²) in [6, 6.07) is 1.96. The summed E-state index contributed by atoms with van der Waals surface area (Å²) >= 11 is 0. The van der Waals surface area contributed by atoms with E-state index in [1.165, 1.54) is 25.7 Å². The van der Waals surface area contributed by atoms with Gasteiger partial charge >= 0.3 is 0 Å². The van der Waals surface area contributed by atoms with E-state index in [0.29, 0.717) is 6.04 Å². The van der Waals surface area contributed by atoms with Crippen molar-refractivity contribution in [2.45, 2.75) is 43.8 Å². The maximum Gasteiger partial charge on any atom is 0.0114 e. The first kappa shape index (κ1) is 8.48. The van der Waals surface area contributed by atoms with E-state index in [1.807, 2.05) is 0 Å². The molecule has 3 nitrogen and oxygen atoms in total. The standard InChI is InChI=1S/C9H19N3/c10-3-4-12-8-1-2-9(12)6-7(11)5-8/h7-9H,1-6,10-11H2. The lowest BCUT2D eigenvalue weighted by atomic mass is 9.98. The van der Waals surface area contributed by atoms with Gasteiger partial charge in [-0.05, 0) is 25.7 Å². The van der Waals surface area contributed by atoms with Gasteiger partial charge in [0.2, 0.25) is 0 Å². The van der Waals surface area contributed by atoms with Crippen LogP contribution in [-0.4, -0.2) is 36.1 Å². The van der Waals surface area contributed by atoms with Crippen molar-refractivity contribution in [3.63, 3.8) is 0 Å². The average molecular weight is 169 g/mol. The van der Waals surface area contributed by atoms with E-state index in [-0.39, 0.29) is 0 Å². The minimum atomic E-state index is 0.455. The van der Waals surface area contributed by atoms with Gasteiger partial charge in [-0.3, -0.25) is 4.90 Å².